The minimum Gasteiger partial charge on any atom is -0.310 e. The Kier molecular flexibility index (Phi) is 4.88. The summed E-state index contributed by atoms with van der Waals surface area (Å²) in [6.07, 6.45) is -4.42. The summed E-state index contributed by atoms with van der Waals surface area (Å²) in [4.78, 5) is 4.75. The Morgan fingerprint density at radius 2 is 2.00 bits per heavy atom. The van der Waals surface area contributed by atoms with Gasteiger partial charge >= 0.3 is 6.18 Å². The summed E-state index contributed by atoms with van der Waals surface area (Å²) >= 11 is 5.77. The third-order valence-corrected chi connectivity index (χ3v) is 5.27. The van der Waals surface area contributed by atoms with Crippen molar-refractivity contribution in [2.45, 2.75) is 32.6 Å². The number of nitrogens with one attached hydrogen (secondary N) is 1. The van der Waals surface area contributed by atoms with E-state index >= 15 is 0 Å². The molecule has 2 rings (SSSR count). The summed E-state index contributed by atoms with van der Waals surface area (Å²) < 4.78 is 39.9. The van der Waals surface area contributed by atoms with Crippen LogP contribution in [0.5, 0.6) is 0 Å². The van der Waals surface area contributed by atoms with Gasteiger partial charge in [0.1, 0.15) is 5.01 Å². The fourth-order valence-corrected chi connectivity index (χ4v) is 4.00. The predicted molar refractivity (Wildman–Crippen MR) is 80.1 cm³/mol. The highest BCUT2D eigenvalue weighted by Gasteiger charge is 2.37. The van der Waals surface area contributed by atoms with Gasteiger partial charge in [-0.1, -0.05) is 13.8 Å². The second kappa shape index (κ2) is 6.13. The van der Waals surface area contributed by atoms with Gasteiger partial charge in [0.25, 0.3) is 0 Å². The van der Waals surface area contributed by atoms with Gasteiger partial charge in [-0.25, -0.2) is 4.98 Å². The lowest BCUT2D eigenvalue weighted by Gasteiger charge is -2.09. The maximum atomic E-state index is 13.0. The Hall–Kier alpha value is -0.440. The second-order valence-electron chi connectivity index (χ2n) is 4.43. The smallest absolute Gasteiger partial charge is 0.310 e. The van der Waals surface area contributed by atoms with Crippen LogP contribution in [-0.2, 0) is 12.7 Å². The van der Waals surface area contributed by atoms with Crippen molar-refractivity contribution >= 4 is 38.6 Å². The lowest BCUT2D eigenvalue weighted by Crippen LogP contribution is -2.23. The van der Waals surface area contributed by atoms with Crippen LogP contribution in [0.4, 0.5) is 13.2 Å². The molecule has 1 N–H and O–H groups in total. The van der Waals surface area contributed by atoms with E-state index < -0.39 is 11.9 Å². The molecule has 0 saturated carbocycles. The average molecular weight is 385 g/mol. The lowest BCUT2D eigenvalue weighted by molar-refractivity contribution is -0.141. The van der Waals surface area contributed by atoms with E-state index in [-0.39, 0.29) is 17.5 Å². The van der Waals surface area contributed by atoms with Gasteiger partial charge in [-0.15, -0.1) is 22.7 Å². The minimum absolute atomic E-state index is 0.123. The number of thiazole rings is 1. The Labute approximate surface area is 131 Å². The van der Waals surface area contributed by atoms with Crippen LogP contribution in [0.2, 0.25) is 0 Å². The largest absolute Gasteiger partial charge is 0.434 e. The molecule has 0 unspecified atom stereocenters. The zero-order valence-corrected chi connectivity index (χ0v) is 13.9. The van der Waals surface area contributed by atoms with E-state index in [0.29, 0.717) is 5.01 Å². The van der Waals surface area contributed by atoms with Crippen LogP contribution in [0.15, 0.2) is 15.9 Å². The maximum absolute atomic E-state index is 13.0. The van der Waals surface area contributed by atoms with Crippen molar-refractivity contribution < 1.29 is 13.2 Å². The first-order chi connectivity index (χ1) is 9.27. The molecule has 0 radical (unpaired) electrons. The minimum atomic E-state index is -4.42. The van der Waals surface area contributed by atoms with Crippen LogP contribution in [0.25, 0.3) is 9.88 Å². The van der Waals surface area contributed by atoms with E-state index in [1.54, 1.807) is 12.1 Å². The monoisotopic (exact) mass is 384 g/mol. The molecule has 2 aromatic rings. The van der Waals surface area contributed by atoms with Crippen LogP contribution in [0.3, 0.4) is 0 Å². The van der Waals surface area contributed by atoms with Crippen LogP contribution < -0.4 is 5.32 Å². The van der Waals surface area contributed by atoms with Crippen molar-refractivity contribution in [1.29, 1.82) is 0 Å². The number of thiophene rings is 1. The molecule has 0 spiro atoms. The highest BCUT2D eigenvalue weighted by molar-refractivity contribution is 9.11. The molecule has 0 bridgehead atoms. The van der Waals surface area contributed by atoms with Gasteiger partial charge in [-0.3, -0.25) is 0 Å². The molecule has 8 heteroatoms. The topological polar surface area (TPSA) is 24.9 Å². The zero-order valence-electron chi connectivity index (χ0n) is 10.7. The van der Waals surface area contributed by atoms with Crippen molar-refractivity contribution in [3.63, 3.8) is 0 Å². The molecule has 0 aromatic carbocycles. The van der Waals surface area contributed by atoms with E-state index in [1.807, 2.05) is 13.8 Å². The summed E-state index contributed by atoms with van der Waals surface area (Å²) in [5.74, 6) is 0. The molecular weight excluding hydrogens is 373 g/mol. The van der Waals surface area contributed by atoms with Crippen molar-refractivity contribution in [3.05, 3.63) is 26.5 Å². The quantitative estimate of drug-likeness (QED) is 0.787. The molecule has 110 valence electrons. The molecule has 0 aliphatic carbocycles. The Balaban J connectivity index is 2.36. The van der Waals surface area contributed by atoms with Gasteiger partial charge in [0.2, 0.25) is 0 Å². The zero-order chi connectivity index (χ0) is 14.9. The normalized spacial score (nSPS) is 12.3. The van der Waals surface area contributed by atoms with Gasteiger partial charge < -0.3 is 5.32 Å². The Morgan fingerprint density at radius 1 is 1.30 bits per heavy atom. The second-order valence-corrected chi connectivity index (χ2v) is 7.97. The first kappa shape index (κ1) is 15.9. The highest BCUT2D eigenvalue weighted by atomic mass is 79.9. The van der Waals surface area contributed by atoms with E-state index in [4.69, 9.17) is 0 Å². The van der Waals surface area contributed by atoms with Gasteiger partial charge in [0.15, 0.2) is 5.69 Å². The molecule has 0 amide bonds. The van der Waals surface area contributed by atoms with E-state index in [1.165, 1.54) is 11.3 Å². The lowest BCUT2D eigenvalue weighted by atomic mass is 10.3. The van der Waals surface area contributed by atoms with E-state index in [2.05, 4.69) is 26.2 Å². The average Bonchev–Trinajstić information content (AvgIpc) is 2.91. The number of nitrogens with zero attached hydrogens (tertiary/aromatic N) is 1. The molecule has 20 heavy (non-hydrogen) atoms. The fourth-order valence-electron chi connectivity index (χ4n) is 1.52. The Morgan fingerprint density at radius 3 is 2.50 bits per heavy atom. The molecule has 0 atom stereocenters. The van der Waals surface area contributed by atoms with Gasteiger partial charge in [0.05, 0.1) is 13.5 Å². The molecule has 2 heterocycles. The third-order valence-electron chi connectivity index (χ3n) is 2.42. The Bertz CT molecular complexity index is 590. The van der Waals surface area contributed by atoms with Crippen LogP contribution >= 0.6 is 38.6 Å². The number of rotatable bonds is 4. The van der Waals surface area contributed by atoms with Crippen molar-refractivity contribution in [2.75, 3.05) is 0 Å². The first-order valence-electron chi connectivity index (χ1n) is 5.83. The molecule has 2 nitrogen and oxygen atoms in total. The number of alkyl halides is 3. The SMILES string of the molecule is CC(C)NCc1sc(-c2ccc(Br)s2)nc1C(F)(F)F. The fraction of sp³-hybridized carbons (Fsp3) is 0.417. The van der Waals surface area contributed by atoms with Gasteiger partial charge in [0, 0.05) is 12.6 Å². The number of aromatic nitrogens is 1. The summed E-state index contributed by atoms with van der Waals surface area (Å²) in [5, 5.41) is 3.42. The first-order valence-corrected chi connectivity index (χ1v) is 8.26. The molecular formula is C12H12BrF3N2S2. The van der Waals surface area contributed by atoms with Crippen LogP contribution in [0, 0.1) is 0 Å². The maximum Gasteiger partial charge on any atom is 0.434 e. The summed E-state index contributed by atoms with van der Waals surface area (Å²) in [7, 11) is 0. The highest BCUT2D eigenvalue weighted by Crippen LogP contribution is 2.40. The van der Waals surface area contributed by atoms with Crippen molar-refractivity contribution in [2.24, 2.45) is 0 Å². The predicted octanol–water partition coefficient (Wildman–Crippen LogP) is 5.15. The molecule has 0 aliphatic heterocycles. The summed E-state index contributed by atoms with van der Waals surface area (Å²) in [6.45, 7) is 3.97. The molecule has 2 aromatic heterocycles. The van der Waals surface area contributed by atoms with Crippen LogP contribution in [-0.4, -0.2) is 11.0 Å². The third kappa shape index (κ3) is 3.81. The van der Waals surface area contributed by atoms with Crippen molar-refractivity contribution in [3.8, 4) is 9.88 Å². The van der Waals surface area contributed by atoms with Crippen LogP contribution in [0.1, 0.15) is 24.4 Å². The number of hydrogen-bond acceptors (Lipinski definition) is 4. The molecule has 0 fully saturated rings. The number of hydrogen-bond donors (Lipinski definition) is 1. The molecule has 0 saturated heterocycles. The van der Waals surface area contributed by atoms with Crippen molar-refractivity contribution in [1.82, 2.24) is 10.3 Å². The summed E-state index contributed by atoms with van der Waals surface area (Å²) in [5.41, 5.74) is -0.782. The van der Waals surface area contributed by atoms with Gasteiger partial charge in [-0.2, -0.15) is 13.2 Å². The molecule has 0 aliphatic rings. The van der Waals surface area contributed by atoms with Gasteiger partial charge in [-0.05, 0) is 28.1 Å². The van der Waals surface area contributed by atoms with E-state index in [9.17, 15) is 13.2 Å². The number of halogens is 4. The summed E-state index contributed by atoms with van der Waals surface area (Å²) in [6, 6.07) is 3.70. The van der Waals surface area contributed by atoms with E-state index in [0.717, 1.165) is 20.0 Å². The standard InChI is InChI=1S/C12H12BrF3N2S2/c1-6(2)17-5-8-10(12(14,15)16)18-11(20-8)7-3-4-9(13)19-7/h3-4,6,17H,5H2,1-2H3.